The van der Waals surface area contributed by atoms with Crippen LogP contribution in [0.25, 0.3) is 10.9 Å². The third kappa shape index (κ3) is 3.09. The summed E-state index contributed by atoms with van der Waals surface area (Å²) in [5.41, 5.74) is 5.79. The third-order valence-corrected chi connectivity index (χ3v) is 4.31. The molecule has 1 heterocycles. The van der Waals surface area contributed by atoms with E-state index >= 15 is 0 Å². The Hall–Kier alpha value is -2.86. The molecule has 24 heavy (non-hydrogen) atoms. The molecular weight excluding hydrogens is 294 g/mol. The Morgan fingerprint density at radius 1 is 1.12 bits per heavy atom. The quantitative estimate of drug-likeness (QED) is 0.688. The summed E-state index contributed by atoms with van der Waals surface area (Å²) in [6.07, 6.45) is 2.59. The summed E-state index contributed by atoms with van der Waals surface area (Å²) in [5.74, 6) is 0.502. The summed E-state index contributed by atoms with van der Waals surface area (Å²) >= 11 is 0. The SMILES string of the molecule is CCc1ccc2ncc(C#N)c(Nc3ccc(C(C)C)cc3)c2c1. The standard InChI is InChI=1S/C21H21N3/c1-4-15-5-10-20-19(11-15)21(17(12-22)13-23-20)24-18-8-6-16(7-9-18)14(2)3/h5-11,13-14H,4H2,1-3H3,(H,23,24). The fraction of sp³-hybridized carbons (Fsp3) is 0.238. The number of nitrogens with zero attached hydrogens (tertiary/aromatic N) is 2. The second-order valence-corrected chi connectivity index (χ2v) is 6.27. The number of aromatic nitrogens is 1. The second kappa shape index (κ2) is 6.72. The van der Waals surface area contributed by atoms with Gasteiger partial charge in [0.25, 0.3) is 0 Å². The van der Waals surface area contributed by atoms with Crippen molar-refractivity contribution < 1.29 is 0 Å². The number of aryl methyl sites for hydroxylation is 1. The van der Waals surface area contributed by atoms with Crippen LogP contribution in [-0.2, 0) is 6.42 Å². The van der Waals surface area contributed by atoms with E-state index in [0.717, 1.165) is 28.7 Å². The molecule has 120 valence electrons. The molecule has 3 heteroatoms. The van der Waals surface area contributed by atoms with Crippen molar-refractivity contribution in [2.45, 2.75) is 33.1 Å². The van der Waals surface area contributed by atoms with E-state index in [1.165, 1.54) is 11.1 Å². The molecule has 0 atom stereocenters. The van der Waals surface area contributed by atoms with Crippen molar-refractivity contribution in [2.24, 2.45) is 0 Å². The molecule has 1 N–H and O–H groups in total. The summed E-state index contributed by atoms with van der Waals surface area (Å²) in [7, 11) is 0. The van der Waals surface area contributed by atoms with Crippen molar-refractivity contribution >= 4 is 22.3 Å². The number of nitriles is 1. The monoisotopic (exact) mass is 315 g/mol. The van der Waals surface area contributed by atoms with Gasteiger partial charge in [0, 0.05) is 17.3 Å². The van der Waals surface area contributed by atoms with E-state index in [1.54, 1.807) is 6.20 Å². The minimum Gasteiger partial charge on any atom is -0.354 e. The van der Waals surface area contributed by atoms with Crippen molar-refractivity contribution in [3.63, 3.8) is 0 Å². The van der Waals surface area contributed by atoms with E-state index in [9.17, 15) is 5.26 Å². The zero-order valence-corrected chi connectivity index (χ0v) is 14.3. The maximum absolute atomic E-state index is 9.47. The van der Waals surface area contributed by atoms with Gasteiger partial charge in [-0.1, -0.05) is 39.0 Å². The molecule has 0 unspecified atom stereocenters. The van der Waals surface area contributed by atoms with Gasteiger partial charge >= 0.3 is 0 Å². The van der Waals surface area contributed by atoms with Gasteiger partial charge in [0.1, 0.15) is 6.07 Å². The molecule has 0 amide bonds. The zero-order chi connectivity index (χ0) is 17.1. The fourth-order valence-corrected chi connectivity index (χ4v) is 2.77. The first-order valence-corrected chi connectivity index (χ1v) is 8.31. The molecule has 0 aliphatic rings. The normalized spacial score (nSPS) is 10.8. The predicted molar refractivity (Wildman–Crippen MR) is 99.6 cm³/mol. The fourth-order valence-electron chi connectivity index (χ4n) is 2.77. The van der Waals surface area contributed by atoms with Crippen LogP contribution in [0, 0.1) is 11.3 Å². The first-order chi connectivity index (χ1) is 11.6. The summed E-state index contributed by atoms with van der Waals surface area (Å²) in [6.45, 7) is 6.48. The lowest BCUT2D eigenvalue weighted by atomic mass is 10.0. The maximum atomic E-state index is 9.47. The lowest BCUT2D eigenvalue weighted by Gasteiger charge is -2.13. The largest absolute Gasteiger partial charge is 0.354 e. The first-order valence-electron chi connectivity index (χ1n) is 8.31. The number of hydrogen-bond acceptors (Lipinski definition) is 3. The van der Waals surface area contributed by atoms with Crippen LogP contribution in [0.1, 0.15) is 43.4 Å². The molecule has 0 fully saturated rings. The molecule has 0 saturated carbocycles. The molecule has 0 aliphatic carbocycles. The van der Waals surface area contributed by atoms with Crippen LogP contribution in [0.5, 0.6) is 0 Å². The minimum atomic E-state index is 0.502. The van der Waals surface area contributed by atoms with Gasteiger partial charge in [0.15, 0.2) is 0 Å². The maximum Gasteiger partial charge on any atom is 0.103 e. The zero-order valence-electron chi connectivity index (χ0n) is 14.3. The number of hydrogen-bond donors (Lipinski definition) is 1. The number of benzene rings is 2. The minimum absolute atomic E-state index is 0.502. The summed E-state index contributed by atoms with van der Waals surface area (Å²) < 4.78 is 0. The average molecular weight is 315 g/mol. The highest BCUT2D eigenvalue weighted by atomic mass is 14.9. The molecule has 0 saturated heterocycles. The summed E-state index contributed by atoms with van der Waals surface area (Å²) in [6, 6.07) is 16.8. The van der Waals surface area contributed by atoms with Crippen molar-refractivity contribution in [1.82, 2.24) is 4.98 Å². The van der Waals surface area contributed by atoms with E-state index < -0.39 is 0 Å². The Labute approximate surface area is 143 Å². The van der Waals surface area contributed by atoms with Gasteiger partial charge in [-0.3, -0.25) is 4.98 Å². The van der Waals surface area contributed by atoms with Crippen LogP contribution in [0.15, 0.2) is 48.7 Å². The lowest BCUT2D eigenvalue weighted by Crippen LogP contribution is -1.98. The van der Waals surface area contributed by atoms with Crippen LogP contribution in [0.3, 0.4) is 0 Å². The molecule has 3 nitrogen and oxygen atoms in total. The predicted octanol–water partition coefficient (Wildman–Crippen LogP) is 5.54. The van der Waals surface area contributed by atoms with Crippen molar-refractivity contribution in [2.75, 3.05) is 5.32 Å². The number of anilines is 2. The Bertz CT molecular complexity index is 903. The van der Waals surface area contributed by atoms with E-state index in [0.29, 0.717) is 11.5 Å². The highest BCUT2D eigenvalue weighted by molar-refractivity contribution is 5.96. The highest BCUT2D eigenvalue weighted by Crippen LogP contribution is 2.30. The number of fused-ring (bicyclic) bond motifs is 1. The van der Waals surface area contributed by atoms with Gasteiger partial charge in [-0.05, 0) is 47.7 Å². The number of nitrogens with one attached hydrogen (secondary N) is 1. The molecule has 2 aromatic carbocycles. The topological polar surface area (TPSA) is 48.7 Å². The van der Waals surface area contributed by atoms with Crippen LogP contribution < -0.4 is 5.32 Å². The number of pyridine rings is 1. The van der Waals surface area contributed by atoms with Gasteiger partial charge in [-0.15, -0.1) is 0 Å². The third-order valence-electron chi connectivity index (χ3n) is 4.31. The second-order valence-electron chi connectivity index (χ2n) is 6.27. The van der Waals surface area contributed by atoms with Gasteiger partial charge in [0.05, 0.1) is 16.8 Å². The van der Waals surface area contributed by atoms with Crippen molar-refractivity contribution in [1.29, 1.82) is 5.26 Å². The molecule has 0 spiro atoms. The van der Waals surface area contributed by atoms with Crippen LogP contribution in [0.2, 0.25) is 0 Å². The molecule has 0 bridgehead atoms. The van der Waals surface area contributed by atoms with Gasteiger partial charge in [0.2, 0.25) is 0 Å². The van der Waals surface area contributed by atoms with Gasteiger partial charge in [-0.2, -0.15) is 5.26 Å². The molecule has 0 radical (unpaired) electrons. The Balaban J connectivity index is 2.08. The van der Waals surface area contributed by atoms with Crippen molar-refractivity contribution in [3.05, 3.63) is 65.4 Å². The first kappa shape index (κ1) is 16.0. The molecule has 3 aromatic rings. The van der Waals surface area contributed by atoms with E-state index in [-0.39, 0.29) is 0 Å². The van der Waals surface area contributed by atoms with Crippen LogP contribution in [-0.4, -0.2) is 4.98 Å². The van der Waals surface area contributed by atoms with E-state index in [4.69, 9.17) is 0 Å². The molecule has 3 rings (SSSR count). The smallest absolute Gasteiger partial charge is 0.103 e. The molecule has 1 aromatic heterocycles. The van der Waals surface area contributed by atoms with Crippen molar-refractivity contribution in [3.8, 4) is 6.07 Å². The Morgan fingerprint density at radius 2 is 1.88 bits per heavy atom. The van der Waals surface area contributed by atoms with Crippen LogP contribution in [0.4, 0.5) is 11.4 Å². The van der Waals surface area contributed by atoms with E-state index in [2.05, 4.69) is 73.5 Å². The summed E-state index contributed by atoms with van der Waals surface area (Å²) in [4.78, 5) is 4.40. The Morgan fingerprint density at radius 3 is 2.50 bits per heavy atom. The van der Waals surface area contributed by atoms with E-state index in [1.807, 2.05) is 6.07 Å². The Kier molecular flexibility index (Phi) is 4.48. The number of rotatable bonds is 4. The summed E-state index contributed by atoms with van der Waals surface area (Å²) in [5, 5.41) is 13.9. The van der Waals surface area contributed by atoms with Gasteiger partial charge in [-0.25, -0.2) is 0 Å². The lowest BCUT2D eigenvalue weighted by molar-refractivity contribution is 0.867. The van der Waals surface area contributed by atoms with Gasteiger partial charge < -0.3 is 5.32 Å². The molecule has 0 aliphatic heterocycles. The average Bonchev–Trinajstić information content (AvgIpc) is 2.62. The highest BCUT2D eigenvalue weighted by Gasteiger charge is 2.10. The molecular formula is C21H21N3. The van der Waals surface area contributed by atoms with Crippen LogP contribution >= 0.6 is 0 Å².